The minimum absolute atomic E-state index is 0. The fraction of sp³-hybridized carbons (Fsp3) is 0.375. The molecule has 6 heteroatoms. The molecule has 0 amide bonds. The van der Waals surface area contributed by atoms with E-state index >= 15 is 0 Å². The Bertz CT molecular complexity index is 386. The van der Waals surface area contributed by atoms with Crippen LogP contribution in [-0.4, -0.2) is 13.4 Å². The molecule has 0 saturated carbocycles. The minimum Gasteiger partial charge on any atom is -0.558 e. The van der Waals surface area contributed by atoms with Crippen LogP contribution in [-0.2, 0) is 10.0 Å². The Hall–Kier alpha value is 0.696. The Morgan fingerprint density at radius 1 is 1.36 bits per heavy atom. The third-order valence-corrected chi connectivity index (χ3v) is 2.49. The van der Waals surface area contributed by atoms with Crippen LogP contribution in [0.25, 0.3) is 5.14 Å². The van der Waals surface area contributed by atoms with Gasteiger partial charge in [-0.2, -0.15) is 0 Å². The van der Waals surface area contributed by atoms with Gasteiger partial charge in [-0.1, -0.05) is 19.9 Å². The number of hydrogen-bond acceptors (Lipinski definition) is 3. The largest absolute Gasteiger partial charge is 1.00 e. The molecule has 0 fully saturated rings. The van der Waals surface area contributed by atoms with Crippen LogP contribution in [0.2, 0.25) is 0 Å². The van der Waals surface area contributed by atoms with Gasteiger partial charge in [0.15, 0.2) is 0 Å². The van der Waals surface area contributed by atoms with Crippen LogP contribution >= 0.6 is 0 Å². The number of nitrogens with zero attached hydrogens (tertiary/aromatic N) is 1. The summed E-state index contributed by atoms with van der Waals surface area (Å²) in [5.74, 6) is 0.315. The molecule has 0 radical (unpaired) electrons. The van der Waals surface area contributed by atoms with Crippen LogP contribution in [0.5, 0.6) is 0 Å². The maximum Gasteiger partial charge on any atom is 1.00 e. The summed E-state index contributed by atoms with van der Waals surface area (Å²) in [5, 5.41) is 6.56. The summed E-state index contributed by atoms with van der Waals surface area (Å²) in [6.45, 7) is 3.98. The van der Waals surface area contributed by atoms with Crippen molar-refractivity contribution in [3.63, 3.8) is 0 Å². The van der Waals surface area contributed by atoms with Gasteiger partial charge < -0.3 is 5.14 Å². The quantitative estimate of drug-likeness (QED) is 0.617. The molecule has 0 bridgehead atoms. The van der Waals surface area contributed by atoms with Gasteiger partial charge in [0.1, 0.15) is 15.0 Å². The van der Waals surface area contributed by atoms with Crippen molar-refractivity contribution in [2.24, 2.45) is 0 Å². The van der Waals surface area contributed by atoms with Crippen molar-refractivity contribution in [3.8, 4) is 0 Å². The van der Waals surface area contributed by atoms with Crippen molar-refractivity contribution in [3.05, 3.63) is 29.0 Å². The number of hydrogen-bond donors (Lipinski definition) is 0. The van der Waals surface area contributed by atoms with Crippen molar-refractivity contribution in [2.75, 3.05) is 0 Å². The average molecular weight is 238 g/mol. The van der Waals surface area contributed by atoms with E-state index in [1.165, 1.54) is 12.3 Å². The molecular weight excluding hydrogens is 227 g/mol. The molecule has 0 spiro atoms. The average Bonchev–Trinajstić information content (AvgIpc) is 2.03. The van der Waals surface area contributed by atoms with Gasteiger partial charge in [-0.05, 0) is 17.5 Å². The van der Waals surface area contributed by atoms with E-state index in [1.807, 2.05) is 13.8 Å². The first-order valence-electron chi connectivity index (χ1n) is 3.87. The third kappa shape index (κ3) is 4.06. The monoisotopic (exact) mass is 238 g/mol. The number of sulfonamides is 1. The molecule has 1 heterocycles. The summed E-state index contributed by atoms with van der Waals surface area (Å²) in [5.41, 5.74) is 0.965. The Morgan fingerprint density at radius 2 is 1.93 bits per heavy atom. The molecule has 14 heavy (non-hydrogen) atoms. The first-order chi connectivity index (χ1) is 5.91. The fourth-order valence-electron chi connectivity index (χ4n) is 0.892. The smallest absolute Gasteiger partial charge is 0.558 e. The van der Waals surface area contributed by atoms with Gasteiger partial charge in [0, 0.05) is 6.20 Å². The number of nitrogens with one attached hydrogen (secondary N) is 1. The summed E-state index contributed by atoms with van der Waals surface area (Å²) in [4.78, 5) is 3.70. The SMILES string of the molecule is CC(C)c1ccc(S([NH-])(=O)=O)nc1.[K+]. The predicted octanol–water partition coefficient (Wildman–Crippen LogP) is -1.05. The summed E-state index contributed by atoms with van der Waals surface area (Å²) in [7, 11) is -3.91. The van der Waals surface area contributed by atoms with E-state index in [1.54, 1.807) is 6.07 Å². The topological polar surface area (TPSA) is 70.8 Å². The molecule has 1 N–H and O–H groups in total. The van der Waals surface area contributed by atoms with Crippen molar-refractivity contribution < 1.29 is 59.8 Å². The Balaban J connectivity index is 0.00000169. The van der Waals surface area contributed by atoms with E-state index in [0.717, 1.165) is 5.56 Å². The van der Waals surface area contributed by atoms with Crippen molar-refractivity contribution in [1.82, 2.24) is 4.98 Å². The minimum atomic E-state index is -3.91. The molecule has 4 nitrogen and oxygen atoms in total. The molecule has 1 rings (SSSR count). The van der Waals surface area contributed by atoms with Crippen LogP contribution in [0, 0.1) is 0 Å². The van der Waals surface area contributed by atoms with Crippen molar-refractivity contribution in [2.45, 2.75) is 24.8 Å². The van der Waals surface area contributed by atoms with Gasteiger partial charge in [0.2, 0.25) is 0 Å². The molecule has 0 aliphatic rings. The van der Waals surface area contributed by atoms with Gasteiger partial charge in [0.05, 0.1) is 0 Å². The first kappa shape index (κ1) is 14.7. The Morgan fingerprint density at radius 3 is 2.21 bits per heavy atom. The maximum absolute atomic E-state index is 10.7. The second kappa shape index (κ2) is 5.69. The molecule has 1 aromatic rings. The molecule has 0 saturated heterocycles. The van der Waals surface area contributed by atoms with Gasteiger partial charge in [-0.3, -0.25) is 0 Å². The zero-order valence-electron chi connectivity index (χ0n) is 8.48. The van der Waals surface area contributed by atoms with Crippen LogP contribution < -0.4 is 51.4 Å². The molecule has 0 aromatic carbocycles. The fourth-order valence-corrected chi connectivity index (χ4v) is 1.33. The van der Waals surface area contributed by atoms with E-state index in [-0.39, 0.29) is 56.4 Å². The number of rotatable bonds is 2. The van der Waals surface area contributed by atoms with Crippen molar-refractivity contribution in [1.29, 1.82) is 0 Å². The Kier molecular flexibility index (Phi) is 5.97. The molecule has 0 unspecified atom stereocenters. The summed E-state index contributed by atoms with van der Waals surface area (Å²) < 4.78 is 21.4. The molecule has 1 aromatic heterocycles. The second-order valence-electron chi connectivity index (χ2n) is 3.09. The van der Waals surface area contributed by atoms with Crippen LogP contribution in [0.15, 0.2) is 23.4 Å². The zero-order valence-corrected chi connectivity index (χ0v) is 12.4. The predicted molar refractivity (Wildman–Crippen MR) is 49.8 cm³/mol. The summed E-state index contributed by atoms with van der Waals surface area (Å²) in [6.07, 6.45) is 1.49. The van der Waals surface area contributed by atoms with Gasteiger partial charge in [0.25, 0.3) is 0 Å². The molecule has 0 atom stereocenters. The van der Waals surface area contributed by atoms with Crippen LogP contribution in [0.3, 0.4) is 0 Å². The van der Waals surface area contributed by atoms with E-state index in [2.05, 4.69) is 4.98 Å². The van der Waals surface area contributed by atoms with Gasteiger partial charge >= 0.3 is 51.4 Å². The normalized spacial score (nSPS) is 11.1. The summed E-state index contributed by atoms with van der Waals surface area (Å²) >= 11 is 0. The Labute approximate surface area is 127 Å². The van der Waals surface area contributed by atoms with Crippen LogP contribution in [0.1, 0.15) is 25.3 Å². The summed E-state index contributed by atoms with van der Waals surface area (Å²) in [6, 6.07) is 3.04. The standard InChI is InChI=1S/C8H11N2O2S.K/c1-6(2)7-3-4-8(10-5-7)13(9,11)12;/h3-6H,1-2H3,(H-,9,11,12);/q-1;+1. The van der Waals surface area contributed by atoms with E-state index in [4.69, 9.17) is 5.14 Å². The molecule has 0 aliphatic heterocycles. The van der Waals surface area contributed by atoms with Crippen molar-refractivity contribution >= 4 is 10.0 Å². The maximum atomic E-state index is 10.7. The molecular formula is C8H11KN2O2S. The molecule has 0 aliphatic carbocycles. The van der Waals surface area contributed by atoms with Gasteiger partial charge in [-0.25, -0.2) is 13.4 Å². The van der Waals surface area contributed by atoms with E-state index in [0.29, 0.717) is 5.92 Å². The zero-order chi connectivity index (χ0) is 10.1. The van der Waals surface area contributed by atoms with E-state index in [9.17, 15) is 8.42 Å². The van der Waals surface area contributed by atoms with Crippen LogP contribution in [0.4, 0.5) is 0 Å². The molecule has 72 valence electrons. The first-order valence-corrected chi connectivity index (χ1v) is 5.35. The van der Waals surface area contributed by atoms with E-state index < -0.39 is 10.0 Å². The number of pyridine rings is 1. The number of aromatic nitrogens is 1. The van der Waals surface area contributed by atoms with Gasteiger partial charge in [-0.15, -0.1) is 0 Å². The third-order valence-electron chi connectivity index (χ3n) is 1.70. The second-order valence-corrected chi connectivity index (χ2v) is 4.51.